The van der Waals surface area contributed by atoms with Crippen LogP contribution in [0.3, 0.4) is 0 Å². The number of aliphatic hydroxyl groups excluding tert-OH is 1. The van der Waals surface area contributed by atoms with Crippen LogP contribution in [0.4, 0.5) is 19.0 Å². The van der Waals surface area contributed by atoms with Crippen molar-refractivity contribution in [3.8, 4) is 0 Å². The van der Waals surface area contributed by atoms with Crippen LogP contribution in [0.25, 0.3) is 0 Å². The summed E-state index contributed by atoms with van der Waals surface area (Å²) in [5.41, 5.74) is 0.949. The Balaban J connectivity index is 1.76. The molecule has 1 N–H and O–H groups in total. The third-order valence-electron chi connectivity index (χ3n) is 4.51. The molecule has 0 fully saturated rings. The first-order valence-electron chi connectivity index (χ1n) is 8.32. The summed E-state index contributed by atoms with van der Waals surface area (Å²) in [5.74, 6) is 0.223. The fraction of sp³-hybridized carbons (Fsp3) is 0.389. The normalized spacial score (nSPS) is 15.3. The molecule has 2 aromatic rings. The quantitative estimate of drug-likeness (QED) is 0.884. The summed E-state index contributed by atoms with van der Waals surface area (Å²) in [5, 5.41) is 10.3. The Morgan fingerprint density at radius 1 is 1.22 bits per heavy atom. The van der Waals surface area contributed by atoms with Gasteiger partial charge in [-0.15, -0.1) is 0 Å². The van der Waals surface area contributed by atoms with Gasteiger partial charge in [0.25, 0.3) is 5.91 Å². The van der Waals surface area contributed by atoms with Gasteiger partial charge >= 0.3 is 6.18 Å². The van der Waals surface area contributed by atoms with Crippen molar-refractivity contribution >= 4 is 11.7 Å². The first kappa shape index (κ1) is 19.1. The second-order valence-corrected chi connectivity index (χ2v) is 6.55. The van der Waals surface area contributed by atoms with Crippen LogP contribution < -0.4 is 4.90 Å². The monoisotopic (exact) mass is 380 g/mol. The van der Waals surface area contributed by atoms with E-state index in [0.717, 1.165) is 35.6 Å². The molecule has 6 nitrogen and oxygen atoms in total. The van der Waals surface area contributed by atoms with Gasteiger partial charge in [0.05, 0.1) is 17.8 Å². The van der Waals surface area contributed by atoms with Gasteiger partial charge in [-0.2, -0.15) is 13.2 Å². The number of hydrogen-bond donors (Lipinski definition) is 1. The van der Waals surface area contributed by atoms with Gasteiger partial charge in [-0.3, -0.25) is 4.79 Å². The van der Waals surface area contributed by atoms with E-state index in [1.807, 2.05) is 19.0 Å². The number of fused-ring (bicyclic) bond motifs is 1. The number of alkyl halides is 3. The lowest BCUT2D eigenvalue weighted by Gasteiger charge is -2.31. The predicted molar refractivity (Wildman–Crippen MR) is 91.9 cm³/mol. The van der Waals surface area contributed by atoms with Crippen LogP contribution in [0.2, 0.25) is 0 Å². The average Bonchev–Trinajstić information content (AvgIpc) is 2.65. The highest BCUT2D eigenvalue weighted by atomic mass is 19.4. The molecule has 1 aliphatic rings. The molecule has 144 valence electrons. The van der Waals surface area contributed by atoms with Crippen molar-refractivity contribution in [3.63, 3.8) is 0 Å². The zero-order chi connectivity index (χ0) is 19.8. The Bertz CT molecular complexity index is 837. The molecule has 3 rings (SSSR count). The number of amides is 1. The fourth-order valence-corrected chi connectivity index (χ4v) is 3.08. The molecule has 0 aliphatic carbocycles. The molecule has 1 atom stereocenters. The summed E-state index contributed by atoms with van der Waals surface area (Å²) in [4.78, 5) is 24.4. The lowest BCUT2D eigenvalue weighted by Crippen LogP contribution is -2.40. The molecule has 2 heterocycles. The summed E-state index contributed by atoms with van der Waals surface area (Å²) in [7, 11) is 3.74. The van der Waals surface area contributed by atoms with Crippen molar-refractivity contribution < 1.29 is 23.1 Å². The second kappa shape index (κ2) is 7.15. The van der Waals surface area contributed by atoms with Crippen molar-refractivity contribution in [2.24, 2.45) is 0 Å². The number of aromatic nitrogens is 2. The summed E-state index contributed by atoms with van der Waals surface area (Å²) in [6.07, 6.45) is -4.03. The van der Waals surface area contributed by atoms with E-state index in [2.05, 4.69) is 9.97 Å². The molecular weight excluding hydrogens is 361 g/mol. The number of rotatable bonds is 3. The van der Waals surface area contributed by atoms with Crippen LogP contribution >= 0.6 is 0 Å². The van der Waals surface area contributed by atoms with Gasteiger partial charge in [-0.1, -0.05) is 12.1 Å². The van der Waals surface area contributed by atoms with Gasteiger partial charge in [0.2, 0.25) is 0 Å². The Morgan fingerprint density at radius 3 is 2.48 bits per heavy atom. The minimum atomic E-state index is -4.46. The van der Waals surface area contributed by atoms with E-state index in [1.54, 1.807) is 0 Å². The maximum absolute atomic E-state index is 12.6. The Morgan fingerprint density at radius 2 is 1.89 bits per heavy atom. The van der Waals surface area contributed by atoms with Crippen LogP contribution in [0.1, 0.15) is 28.5 Å². The van der Waals surface area contributed by atoms with Gasteiger partial charge in [-0.25, -0.2) is 9.97 Å². The molecule has 0 unspecified atom stereocenters. The third kappa shape index (κ3) is 3.87. The van der Waals surface area contributed by atoms with Crippen molar-refractivity contribution in [1.82, 2.24) is 14.9 Å². The second-order valence-electron chi connectivity index (χ2n) is 6.55. The van der Waals surface area contributed by atoms with Gasteiger partial charge in [0.15, 0.2) is 6.10 Å². The Labute approximate surface area is 154 Å². The number of benzene rings is 1. The first-order valence-corrected chi connectivity index (χ1v) is 8.32. The van der Waals surface area contributed by atoms with E-state index in [1.165, 1.54) is 11.2 Å². The lowest BCUT2D eigenvalue weighted by atomic mass is 10.0. The number of carbonyl (C=O) groups is 1. The Hall–Kier alpha value is -2.68. The zero-order valence-electron chi connectivity index (χ0n) is 14.9. The van der Waals surface area contributed by atoms with Crippen LogP contribution in [0.15, 0.2) is 30.6 Å². The molecule has 0 saturated carbocycles. The Kier molecular flexibility index (Phi) is 5.05. The van der Waals surface area contributed by atoms with Gasteiger partial charge in [0.1, 0.15) is 12.1 Å². The smallest absolute Gasteiger partial charge is 0.378 e. The van der Waals surface area contributed by atoms with E-state index in [0.29, 0.717) is 18.7 Å². The molecule has 0 spiro atoms. The highest BCUT2D eigenvalue weighted by molar-refractivity contribution is 5.82. The molecule has 0 bridgehead atoms. The van der Waals surface area contributed by atoms with Crippen LogP contribution in [0, 0.1) is 0 Å². The van der Waals surface area contributed by atoms with E-state index in [4.69, 9.17) is 0 Å². The maximum atomic E-state index is 12.6. The first-order chi connectivity index (χ1) is 12.7. The SMILES string of the molecule is CN(C)c1ncnc2c1CCN(C(=O)[C@H](O)c1ccc(C(F)(F)F)cc1)C2. The van der Waals surface area contributed by atoms with Gasteiger partial charge in [0, 0.05) is 26.2 Å². The number of anilines is 1. The lowest BCUT2D eigenvalue weighted by molar-refractivity contribution is -0.141. The van der Waals surface area contributed by atoms with Gasteiger partial charge in [-0.05, 0) is 24.1 Å². The number of nitrogens with zero attached hydrogens (tertiary/aromatic N) is 4. The molecule has 0 saturated heterocycles. The maximum Gasteiger partial charge on any atom is 0.416 e. The molecule has 27 heavy (non-hydrogen) atoms. The molecule has 9 heteroatoms. The van der Waals surface area contributed by atoms with Crippen LogP contribution in [-0.4, -0.2) is 46.5 Å². The number of carbonyl (C=O) groups excluding carboxylic acids is 1. The van der Waals surface area contributed by atoms with Crippen molar-refractivity contribution in [1.29, 1.82) is 0 Å². The molecule has 1 aromatic carbocycles. The highest BCUT2D eigenvalue weighted by Crippen LogP contribution is 2.31. The standard InChI is InChI=1S/C18H19F3N4O2/c1-24(2)16-13-7-8-25(9-14(13)22-10-23-16)17(27)15(26)11-3-5-12(6-4-11)18(19,20)21/h3-6,10,15,26H,7-9H2,1-2H3/t15-/m1/s1. The minimum absolute atomic E-state index is 0.121. The average molecular weight is 380 g/mol. The van der Waals surface area contributed by atoms with E-state index >= 15 is 0 Å². The van der Waals surface area contributed by atoms with Crippen LogP contribution in [0.5, 0.6) is 0 Å². The number of aliphatic hydroxyl groups is 1. The highest BCUT2D eigenvalue weighted by Gasteiger charge is 2.32. The van der Waals surface area contributed by atoms with Crippen LogP contribution in [-0.2, 0) is 23.9 Å². The topological polar surface area (TPSA) is 69.6 Å². The van der Waals surface area contributed by atoms with Gasteiger partial charge < -0.3 is 14.9 Å². The molecular formula is C18H19F3N4O2. The molecule has 0 radical (unpaired) electrons. The summed E-state index contributed by atoms with van der Waals surface area (Å²) in [6.45, 7) is 0.590. The minimum Gasteiger partial charge on any atom is -0.378 e. The summed E-state index contributed by atoms with van der Waals surface area (Å²) in [6, 6.07) is 3.95. The van der Waals surface area contributed by atoms with Crippen molar-refractivity contribution in [3.05, 3.63) is 53.0 Å². The van der Waals surface area contributed by atoms with Crippen molar-refractivity contribution in [2.75, 3.05) is 25.5 Å². The van der Waals surface area contributed by atoms with E-state index < -0.39 is 23.8 Å². The zero-order valence-corrected chi connectivity index (χ0v) is 14.9. The number of hydrogen-bond acceptors (Lipinski definition) is 5. The molecule has 1 aromatic heterocycles. The van der Waals surface area contributed by atoms with E-state index in [9.17, 15) is 23.1 Å². The predicted octanol–water partition coefficient (Wildman–Crippen LogP) is 2.18. The summed E-state index contributed by atoms with van der Waals surface area (Å²) < 4.78 is 37.9. The largest absolute Gasteiger partial charge is 0.416 e. The third-order valence-corrected chi connectivity index (χ3v) is 4.51. The summed E-state index contributed by atoms with van der Waals surface area (Å²) >= 11 is 0. The van der Waals surface area contributed by atoms with Crippen molar-refractivity contribution in [2.45, 2.75) is 25.2 Å². The molecule has 1 amide bonds. The fourth-order valence-electron chi connectivity index (χ4n) is 3.08. The van der Waals surface area contributed by atoms with E-state index in [-0.39, 0.29) is 12.1 Å². The molecule has 1 aliphatic heterocycles. The number of halogens is 3.